The van der Waals surface area contributed by atoms with E-state index in [1.165, 1.54) is 30.5 Å². The molecule has 3 rings (SSSR count). The van der Waals surface area contributed by atoms with Gasteiger partial charge in [0.25, 0.3) is 17.4 Å². The van der Waals surface area contributed by atoms with E-state index in [4.69, 9.17) is 11.6 Å². The number of nitrogens with one attached hydrogen (secondary N) is 2. The zero-order valence-electron chi connectivity index (χ0n) is 16.3. The average molecular weight is 458 g/mol. The summed E-state index contributed by atoms with van der Waals surface area (Å²) < 4.78 is 41.7. The molecule has 2 atom stereocenters. The highest BCUT2D eigenvalue weighted by Crippen LogP contribution is 2.27. The number of halogens is 4. The minimum atomic E-state index is -4.92. The van der Waals surface area contributed by atoms with Crippen LogP contribution in [0, 0.1) is 5.92 Å². The molecule has 0 aliphatic carbocycles. The Bertz CT molecular complexity index is 1040. The second kappa shape index (κ2) is 9.01. The van der Waals surface area contributed by atoms with Gasteiger partial charge in [0, 0.05) is 25.3 Å². The average Bonchev–Trinajstić information content (AvgIpc) is 2.70. The summed E-state index contributed by atoms with van der Waals surface area (Å²) in [7, 11) is 0. The molecule has 2 heterocycles. The molecule has 1 aliphatic rings. The summed E-state index contributed by atoms with van der Waals surface area (Å²) in [5.41, 5.74) is -0.492. The van der Waals surface area contributed by atoms with Crippen LogP contribution in [0.15, 0.2) is 41.3 Å². The van der Waals surface area contributed by atoms with E-state index in [2.05, 4.69) is 15.0 Å². The van der Waals surface area contributed by atoms with E-state index >= 15 is 0 Å². The number of nitrogens with zero attached hydrogens (tertiary/aromatic N) is 1. The van der Waals surface area contributed by atoms with Crippen LogP contribution in [0.3, 0.4) is 0 Å². The maximum absolute atomic E-state index is 12.7. The number of aromatic nitrogens is 1. The highest BCUT2D eigenvalue weighted by atomic mass is 35.5. The maximum atomic E-state index is 12.7. The zero-order valence-corrected chi connectivity index (χ0v) is 17.1. The number of ether oxygens (including phenoxy) is 1. The van der Waals surface area contributed by atoms with Gasteiger partial charge in [0.05, 0.1) is 11.1 Å². The molecule has 2 amide bonds. The number of rotatable bonds is 4. The summed E-state index contributed by atoms with van der Waals surface area (Å²) in [5.74, 6) is -1.76. The fraction of sp³-hybridized carbons (Fsp3) is 0.350. The van der Waals surface area contributed by atoms with Crippen LogP contribution in [-0.4, -0.2) is 47.2 Å². The fourth-order valence-corrected chi connectivity index (χ4v) is 3.59. The van der Waals surface area contributed by atoms with Gasteiger partial charge in [0.1, 0.15) is 10.8 Å². The van der Waals surface area contributed by atoms with Crippen molar-refractivity contribution in [2.45, 2.75) is 25.7 Å². The van der Waals surface area contributed by atoms with E-state index in [0.29, 0.717) is 19.5 Å². The van der Waals surface area contributed by atoms with E-state index < -0.39 is 23.6 Å². The number of likely N-dealkylation sites (tertiary alicyclic amines) is 1. The van der Waals surface area contributed by atoms with Crippen LogP contribution in [-0.2, 0) is 0 Å². The quantitative estimate of drug-likeness (QED) is 0.737. The van der Waals surface area contributed by atoms with Crippen molar-refractivity contribution in [3.8, 4) is 5.75 Å². The van der Waals surface area contributed by atoms with Gasteiger partial charge in [-0.3, -0.25) is 14.4 Å². The standard InChI is InChI=1S/C20H19ClF3N3O4/c1-11-10-27(19(30)12-8-14(21)18(29)25-9-12)7-6-15(11)26-17(28)13-4-2-3-5-16(13)31-20(22,23)24/h2-5,8-9,11,15H,6-7,10H2,1H3,(H,25,29)(H,26,28)/t11-,15+/m0/s1. The van der Waals surface area contributed by atoms with Crippen LogP contribution >= 0.6 is 11.6 Å². The number of hydrogen-bond donors (Lipinski definition) is 2. The van der Waals surface area contributed by atoms with Crippen molar-refractivity contribution in [1.82, 2.24) is 15.2 Å². The van der Waals surface area contributed by atoms with Gasteiger partial charge >= 0.3 is 6.36 Å². The molecule has 31 heavy (non-hydrogen) atoms. The van der Waals surface area contributed by atoms with Crippen molar-refractivity contribution in [2.75, 3.05) is 13.1 Å². The van der Waals surface area contributed by atoms with Gasteiger partial charge in [0.15, 0.2) is 0 Å². The van der Waals surface area contributed by atoms with Gasteiger partial charge < -0.3 is 19.9 Å². The molecule has 0 saturated carbocycles. The van der Waals surface area contributed by atoms with Crippen molar-refractivity contribution in [1.29, 1.82) is 0 Å². The maximum Gasteiger partial charge on any atom is 0.573 e. The molecule has 166 valence electrons. The normalized spacial score (nSPS) is 19.1. The Labute approximate surface area is 180 Å². The minimum absolute atomic E-state index is 0.0965. The monoisotopic (exact) mass is 457 g/mol. The summed E-state index contributed by atoms with van der Waals surface area (Å²) in [6.07, 6.45) is -3.23. The Kier molecular flexibility index (Phi) is 6.59. The van der Waals surface area contributed by atoms with Gasteiger partial charge in [-0.15, -0.1) is 13.2 Å². The third kappa shape index (κ3) is 5.57. The lowest BCUT2D eigenvalue weighted by atomic mass is 9.93. The number of pyridine rings is 1. The van der Waals surface area contributed by atoms with Gasteiger partial charge in [-0.2, -0.15) is 0 Å². The van der Waals surface area contributed by atoms with E-state index in [1.54, 1.807) is 4.90 Å². The molecule has 2 N–H and O–H groups in total. The largest absolute Gasteiger partial charge is 0.573 e. The van der Waals surface area contributed by atoms with Crippen LogP contribution in [0.2, 0.25) is 5.02 Å². The number of H-pyrrole nitrogens is 1. The summed E-state index contributed by atoms with van der Waals surface area (Å²) in [5, 5.41) is 2.64. The Morgan fingerprint density at radius 3 is 2.65 bits per heavy atom. The number of alkyl halides is 3. The second-order valence-corrected chi connectivity index (χ2v) is 7.61. The Morgan fingerprint density at radius 1 is 1.29 bits per heavy atom. The van der Waals surface area contributed by atoms with Crippen molar-refractivity contribution >= 4 is 23.4 Å². The summed E-state index contributed by atoms with van der Waals surface area (Å²) in [4.78, 5) is 40.6. The molecule has 11 heteroatoms. The van der Waals surface area contributed by atoms with Crippen molar-refractivity contribution < 1.29 is 27.5 Å². The van der Waals surface area contributed by atoms with Crippen LogP contribution in [0.25, 0.3) is 0 Å². The molecule has 1 aromatic heterocycles. The first-order valence-corrected chi connectivity index (χ1v) is 9.76. The predicted molar refractivity (Wildman–Crippen MR) is 106 cm³/mol. The number of hydrogen-bond acceptors (Lipinski definition) is 4. The molecule has 2 aromatic rings. The van der Waals surface area contributed by atoms with Crippen molar-refractivity contribution in [3.05, 3.63) is 63.0 Å². The van der Waals surface area contributed by atoms with E-state index in [0.717, 1.165) is 6.07 Å². The number of benzene rings is 1. The first kappa shape index (κ1) is 22.7. The van der Waals surface area contributed by atoms with Gasteiger partial charge in [0.2, 0.25) is 0 Å². The Hall–Kier alpha value is -3.01. The van der Waals surface area contributed by atoms with Crippen LogP contribution < -0.4 is 15.6 Å². The van der Waals surface area contributed by atoms with Gasteiger partial charge in [-0.25, -0.2) is 0 Å². The highest BCUT2D eigenvalue weighted by molar-refractivity contribution is 6.30. The lowest BCUT2D eigenvalue weighted by Gasteiger charge is -2.37. The minimum Gasteiger partial charge on any atom is -0.405 e. The lowest BCUT2D eigenvalue weighted by molar-refractivity contribution is -0.274. The molecule has 1 aromatic carbocycles. The van der Waals surface area contributed by atoms with E-state index in [1.807, 2.05) is 6.92 Å². The predicted octanol–water partition coefficient (Wildman–Crippen LogP) is 3.21. The van der Waals surface area contributed by atoms with Crippen molar-refractivity contribution in [2.24, 2.45) is 5.92 Å². The first-order chi connectivity index (χ1) is 14.5. The Morgan fingerprint density at radius 2 is 2.00 bits per heavy atom. The number of para-hydroxylation sites is 1. The number of carbonyl (C=O) groups excluding carboxylic acids is 2. The lowest BCUT2D eigenvalue weighted by Crippen LogP contribution is -2.51. The number of amides is 2. The smallest absolute Gasteiger partial charge is 0.405 e. The van der Waals surface area contributed by atoms with Gasteiger partial charge in [-0.1, -0.05) is 30.7 Å². The third-order valence-corrected chi connectivity index (χ3v) is 5.25. The van der Waals surface area contributed by atoms with Gasteiger partial charge in [-0.05, 0) is 30.5 Å². The number of carbonyl (C=O) groups is 2. The molecule has 7 nitrogen and oxygen atoms in total. The van der Waals surface area contributed by atoms with Crippen LogP contribution in [0.4, 0.5) is 13.2 Å². The highest BCUT2D eigenvalue weighted by Gasteiger charge is 2.34. The molecular weight excluding hydrogens is 439 g/mol. The number of aromatic amines is 1. The fourth-order valence-electron chi connectivity index (χ4n) is 3.42. The topological polar surface area (TPSA) is 91.5 Å². The summed E-state index contributed by atoms with van der Waals surface area (Å²) >= 11 is 5.77. The second-order valence-electron chi connectivity index (χ2n) is 7.21. The zero-order chi connectivity index (χ0) is 22.8. The third-order valence-electron chi connectivity index (χ3n) is 4.97. The molecule has 0 bridgehead atoms. The molecule has 1 saturated heterocycles. The van der Waals surface area contributed by atoms with E-state index in [9.17, 15) is 27.6 Å². The molecular formula is C20H19ClF3N3O4. The SMILES string of the molecule is C[C@H]1CN(C(=O)c2c[nH]c(=O)c(Cl)c2)CC[C@H]1NC(=O)c1ccccc1OC(F)(F)F. The molecule has 0 radical (unpaired) electrons. The van der Waals surface area contributed by atoms with Crippen molar-refractivity contribution in [3.63, 3.8) is 0 Å². The molecule has 1 fully saturated rings. The molecule has 0 spiro atoms. The van der Waals surface area contributed by atoms with E-state index in [-0.39, 0.29) is 34.0 Å². The first-order valence-electron chi connectivity index (χ1n) is 9.38. The molecule has 1 aliphatic heterocycles. The molecule has 0 unspecified atom stereocenters. The summed E-state index contributed by atoms with van der Waals surface area (Å²) in [6.45, 7) is 2.44. The van der Waals surface area contributed by atoms with Crippen LogP contribution in [0.5, 0.6) is 5.75 Å². The summed E-state index contributed by atoms with van der Waals surface area (Å²) in [6, 6.07) is 6.04. The Balaban J connectivity index is 1.65. The van der Waals surface area contributed by atoms with Crippen LogP contribution in [0.1, 0.15) is 34.1 Å². The number of piperidine rings is 1.